The number of hydrogen-bond acceptors (Lipinski definition) is 4. The summed E-state index contributed by atoms with van der Waals surface area (Å²) in [6, 6.07) is 0.160. The fraction of sp³-hybridized carbons (Fsp3) is 0.529. The second-order valence-electron chi connectivity index (χ2n) is 6.82. The minimum Gasteiger partial charge on any atom is -0.353 e. The van der Waals surface area contributed by atoms with Gasteiger partial charge in [0.1, 0.15) is 0 Å². The summed E-state index contributed by atoms with van der Waals surface area (Å²) in [4.78, 5) is 34.6. The summed E-state index contributed by atoms with van der Waals surface area (Å²) in [6.45, 7) is 2.09. The Labute approximate surface area is 144 Å². The lowest BCUT2D eigenvalue weighted by Crippen LogP contribution is -2.39. The number of aromatic nitrogens is 4. The number of hydrogen-bond donors (Lipinski definition) is 2. The Morgan fingerprint density at radius 1 is 1.28 bits per heavy atom. The first kappa shape index (κ1) is 15.7. The van der Waals surface area contributed by atoms with Crippen molar-refractivity contribution in [3.8, 4) is 11.8 Å². The smallest absolute Gasteiger partial charge is 0.333 e. The number of nitrogens with one attached hydrogen (secondary N) is 2. The highest BCUT2D eigenvalue weighted by Gasteiger charge is 2.34. The Morgan fingerprint density at radius 2 is 1.92 bits per heavy atom. The van der Waals surface area contributed by atoms with Crippen LogP contribution in [0.3, 0.4) is 0 Å². The molecule has 4 rings (SSSR count). The number of amidine groups is 1. The predicted octanol–water partition coefficient (Wildman–Crippen LogP) is 0.837. The molecule has 8 nitrogen and oxygen atoms in total. The van der Waals surface area contributed by atoms with Gasteiger partial charge >= 0.3 is 5.69 Å². The maximum Gasteiger partial charge on any atom is 0.333 e. The van der Waals surface area contributed by atoms with Gasteiger partial charge in [0.25, 0.3) is 5.56 Å². The average Bonchev–Trinajstić information content (AvgIpc) is 3.47. The van der Waals surface area contributed by atoms with Crippen molar-refractivity contribution in [2.45, 2.75) is 44.7 Å². The average molecular weight is 340 g/mol. The van der Waals surface area contributed by atoms with Gasteiger partial charge < -0.3 is 9.88 Å². The first-order chi connectivity index (χ1) is 12.0. The summed E-state index contributed by atoms with van der Waals surface area (Å²) < 4.78 is 3.03. The van der Waals surface area contributed by atoms with E-state index in [0.29, 0.717) is 29.4 Å². The number of aromatic amines is 1. The van der Waals surface area contributed by atoms with Gasteiger partial charge in [-0.25, -0.2) is 9.78 Å². The van der Waals surface area contributed by atoms with Crippen molar-refractivity contribution in [1.82, 2.24) is 24.0 Å². The number of H-pyrrole nitrogens is 1. The monoisotopic (exact) mass is 340 g/mol. The molecule has 0 radical (unpaired) electrons. The Morgan fingerprint density at radius 3 is 2.52 bits per heavy atom. The summed E-state index contributed by atoms with van der Waals surface area (Å²) in [5.74, 6) is 6.64. The summed E-state index contributed by atoms with van der Waals surface area (Å²) in [7, 11) is 1.79. The first-order valence-corrected chi connectivity index (χ1v) is 8.49. The van der Waals surface area contributed by atoms with Gasteiger partial charge in [-0.3, -0.25) is 19.3 Å². The topological polar surface area (TPSA) is 99.8 Å². The summed E-state index contributed by atoms with van der Waals surface area (Å²) in [5, 5.41) is 7.53. The van der Waals surface area contributed by atoms with Crippen LogP contribution in [0.2, 0.25) is 0 Å². The molecule has 0 aromatic carbocycles. The molecule has 0 saturated heterocycles. The van der Waals surface area contributed by atoms with Gasteiger partial charge in [-0.05, 0) is 38.5 Å². The Kier molecular flexibility index (Phi) is 3.53. The molecule has 2 aliphatic rings. The molecule has 0 aliphatic heterocycles. The molecule has 0 amide bonds. The molecule has 0 spiro atoms. The van der Waals surface area contributed by atoms with Crippen LogP contribution in [0.1, 0.15) is 50.5 Å². The SMILES string of the molecule is CC(=N)N(C)CC#Cc1nc2c([nH]1)c(=O)n(C1CC1)c(=O)n2C1CC1. The van der Waals surface area contributed by atoms with E-state index in [2.05, 4.69) is 21.8 Å². The third kappa shape index (κ3) is 2.76. The molecule has 2 heterocycles. The lowest BCUT2D eigenvalue weighted by Gasteiger charge is -2.12. The third-order valence-corrected chi connectivity index (χ3v) is 4.68. The fourth-order valence-corrected chi connectivity index (χ4v) is 2.84. The Bertz CT molecular complexity index is 1040. The molecule has 2 aromatic rings. The molecule has 2 aromatic heterocycles. The number of nitrogens with zero attached hydrogens (tertiary/aromatic N) is 4. The molecule has 0 atom stereocenters. The molecule has 2 N–H and O–H groups in total. The van der Waals surface area contributed by atoms with Crippen molar-refractivity contribution < 1.29 is 0 Å². The van der Waals surface area contributed by atoms with Gasteiger partial charge in [0.05, 0.1) is 12.4 Å². The van der Waals surface area contributed by atoms with Crippen molar-refractivity contribution in [1.29, 1.82) is 5.41 Å². The molecular weight excluding hydrogens is 320 g/mol. The van der Waals surface area contributed by atoms with Gasteiger partial charge in [0, 0.05) is 19.1 Å². The van der Waals surface area contributed by atoms with Crippen LogP contribution >= 0.6 is 0 Å². The zero-order valence-electron chi connectivity index (χ0n) is 14.3. The molecule has 25 heavy (non-hydrogen) atoms. The third-order valence-electron chi connectivity index (χ3n) is 4.68. The lowest BCUT2D eigenvalue weighted by atomic mass is 10.4. The predicted molar refractivity (Wildman–Crippen MR) is 94.1 cm³/mol. The van der Waals surface area contributed by atoms with E-state index in [4.69, 9.17) is 5.41 Å². The van der Waals surface area contributed by atoms with E-state index in [9.17, 15) is 9.59 Å². The minimum absolute atomic E-state index is 0.0245. The molecule has 2 fully saturated rings. The number of fused-ring (bicyclic) bond motifs is 1. The van der Waals surface area contributed by atoms with Crippen LogP contribution in [0.5, 0.6) is 0 Å². The summed E-state index contributed by atoms with van der Waals surface area (Å²) >= 11 is 0. The highest BCUT2D eigenvalue weighted by molar-refractivity contribution is 5.76. The van der Waals surface area contributed by atoms with E-state index >= 15 is 0 Å². The molecule has 2 saturated carbocycles. The van der Waals surface area contributed by atoms with E-state index in [1.807, 2.05) is 0 Å². The van der Waals surface area contributed by atoms with Crippen molar-refractivity contribution in [3.63, 3.8) is 0 Å². The Balaban J connectivity index is 1.80. The zero-order valence-corrected chi connectivity index (χ0v) is 14.3. The van der Waals surface area contributed by atoms with Crippen LogP contribution in [0.15, 0.2) is 9.59 Å². The normalized spacial score (nSPS) is 16.6. The van der Waals surface area contributed by atoms with E-state index < -0.39 is 0 Å². The van der Waals surface area contributed by atoms with Crippen molar-refractivity contribution in [2.24, 2.45) is 0 Å². The molecule has 2 aliphatic carbocycles. The van der Waals surface area contributed by atoms with E-state index in [1.54, 1.807) is 23.4 Å². The zero-order chi connectivity index (χ0) is 17.7. The minimum atomic E-state index is -0.299. The summed E-state index contributed by atoms with van der Waals surface area (Å²) in [6.07, 6.45) is 3.63. The largest absolute Gasteiger partial charge is 0.353 e. The Hall–Kier alpha value is -2.82. The van der Waals surface area contributed by atoms with E-state index in [1.165, 1.54) is 4.57 Å². The first-order valence-electron chi connectivity index (χ1n) is 8.49. The van der Waals surface area contributed by atoms with Gasteiger partial charge in [0.2, 0.25) is 0 Å². The second-order valence-corrected chi connectivity index (χ2v) is 6.82. The van der Waals surface area contributed by atoms with Crippen LogP contribution in [-0.4, -0.2) is 43.4 Å². The maximum absolute atomic E-state index is 12.8. The van der Waals surface area contributed by atoms with Gasteiger partial charge in [-0.15, -0.1) is 0 Å². The number of imidazole rings is 1. The molecule has 0 bridgehead atoms. The fourth-order valence-electron chi connectivity index (χ4n) is 2.84. The van der Waals surface area contributed by atoms with Gasteiger partial charge in [-0.2, -0.15) is 0 Å². The standard InChI is InChI=1S/C17H20N6O2/c1-10(18)21(2)9-3-4-13-19-14-15(20-13)22(11-5-6-11)17(25)23(16(14)24)12-7-8-12/h11-12,18H,5-9H2,1-2H3,(H,19,20). The molecule has 130 valence electrons. The van der Waals surface area contributed by atoms with Crippen LogP contribution < -0.4 is 11.2 Å². The van der Waals surface area contributed by atoms with Crippen molar-refractivity contribution in [2.75, 3.05) is 13.6 Å². The van der Waals surface area contributed by atoms with Crippen LogP contribution in [0, 0.1) is 17.3 Å². The van der Waals surface area contributed by atoms with Gasteiger partial charge in [-0.1, -0.05) is 5.92 Å². The molecule has 0 unspecified atom stereocenters. The van der Waals surface area contributed by atoms with E-state index in [0.717, 1.165) is 25.7 Å². The van der Waals surface area contributed by atoms with E-state index in [-0.39, 0.29) is 23.3 Å². The quantitative estimate of drug-likeness (QED) is 0.491. The molecule has 8 heteroatoms. The summed E-state index contributed by atoms with van der Waals surface area (Å²) in [5.41, 5.74) is 0.231. The molecular formula is C17H20N6O2. The second kappa shape index (κ2) is 5.62. The van der Waals surface area contributed by atoms with Crippen LogP contribution in [0.25, 0.3) is 11.2 Å². The number of rotatable bonds is 3. The highest BCUT2D eigenvalue weighted by atomic mass is 16.2. The highest BCUT2D eigenvalue weighted by Crippen LogP contribution is 2.36. The van der Waals surface area contributed by atoms with Crippen LogP contribution in [-0.2, 0) is 0 Å². The van der Waals surface area contributed by atoms with Crippen LogP contribution in [0.4, 0.5) is 0 Å². The van der Waals surface area contributed by atoms with Crippen molar-refractivity contribution >= 4 is 17.0 Å². The van der Waals surface area contributed by atoms with Gasteiger partial charge in [0.15, 0.2) is 17.0 Å². The van der Waals surface area contributed by atoms with Crippen molar-refractivity contribution in [3.05, 3.63) is 26.7 Å². The maximum atomic E-state index is 12.8. The lowest BCUT2D eigenvalue weighted by molar-refractivity contribution is 0.565.